The molecule has 6 heteroatoms. The zero-order chi connectivity index (χ0) is 21.0. The van der Waals surface area contributed by atoms with E-state index < -0.39 is 0 Å². The van der Waals surface area contributed by atoms with Gasteiger partial charge in [0.15, 0.2) is 0 Å². The van der Waals surface area contributed by atoms with Crippen molar-refractivity contribution >= 4 is 0 Å². The number of hydrogen-bond acceptors (Lipinski definition) is 6. The first-order chi connectivity index (χ1) is 14.8. The molecule has 6 nitrogen and oxygen atoms in total. The predicted octanol–water partition coefficient (Wildman–Crippen LogP) is 2.20. The summed E-state index contributed by atoms with van der Waals surface area (Å²) in [6.45, 7) is 10.2. The maximum absolute atomic E-state index is 5.27. The minimum Gasteiger partial charge on any atom is -0.497 e. The topological polar surface area (TPSA) is 49.0 Å². The highest BCUT2D eigenvalue weighted by Gasteiger charge is 2.10. The van der Waals surface area contributed by atoms with Crippen LogP contribution in [0.1, 0.15) is 11.1 Å². The first kappa shape index (κ1) is 22.6. The Balaban J connectivity index is 1.46. The van der Waals surface area contributed by atoms with E-state index in [9.17, 15) is 0 Å². The molecular formula is C24H36N4O2. The van der Waals surface area contributed by atoms with E-state index in [1.165, 1.54) is 11.1 Å². The van der Waals surface area contributed by atoms with Gasteiger partial charge in [0.2, 0.25) is 0 Å². The summed E-state index contributed by atoms with van der Waals surface area (Å²) in [6, 6.07) is 16.8. The monoisotopic (exact) mass is 412 g/mol. The molecule has 0 aromatic heterocycles. The molecule has 1 saturated heterocycles. The lowest BCUT2D eigenvalue weighted by molar-refractivity contribution is 0.233. The second-order valence-corrected chi connectivity index (χ2v) is 7.75. The molecule has 164 valence electrons. The van der Waals surface area contributed by atoms with E-state index in [0.29, 0.717) is 0 Å². The van der Waals surface area contributed by atoms with Crippen molar-refractivity contribution in [3.8, 4) is 11.5 Å². The first-order valence-corrected chi connectivity index (χ1v) is 10.9. The van der Waals surface area contributed by atoms with Gasteiger partial charge in [0, 0.05) is 65.4 Å². The van der Waals surface area contributed by atoms with Crippen molar-refractivity contribution in [3.05, 3.63) is 59.7 Å². The Hall–Kier alpha value is -2.12. The Morgan fingerprint density at radius 2 is 0.933 bits per heavy atom. The second kappa shape index (κ2) is 12.5. The number of hydrogen-bond donors (Lipinski definition) is 2. The van der Waals surface area contributed by atoms with Crippen LogP contribution in [0.5, 0.6) is 11.5 Å². The third-order valence-corrected chi connectivity index (χ3v) is 5.55. The number of rotatable bonds is 6. The molecule has 1 aliphatic heterocycles. The Morgan fingerprint density at radius 3 is 1.23 bits per heavy atom. The minimum absolute atomic E-state index is 0.912. The summed E-state index contributed by atoms with van der Waals surface area (Å²) in [6.07, 6.45) is 0. The average molecular weight is 413 g/mol. The van der Waals surface area contributed by atoms with Crippen LogP contribution < -0.4 is 20.1 Å². The van der Waals surface area contributed by atoms with Gasteiger partial charge in [-0.25, -0.2) is 0 Å². The minimum atomic E-state index is 0.912. The molecule has 0 bridgehead atoms. The molecule has 1 heterocycles. The lowest BCUT2D eigenvalue weighted by Crippen LogP contribution is -2.42. The van der Waals surface area contributed by atoms with Gasteiger partial charge in [-0.2, -0.15) is 0 Å². The van der Waals surface area contributed by atoms with E-state index in [1.54, 1.807) is 14.2 Å². The van der Waals surface area contributed by atoms with Crippen LogP contribution in [-0.4, -0.2) is 76.4 Å². The largest absolute Gasteiger partial charge is 0.497 e. The lowest BCUT2D eigenvalue weighted by Gasteiger charge is -2.27. The number of methoxy groups -OCH3 is 2. The summed E-state index contributed by atoms with van der Waals surface area (Å²) >= 11 is 0. The Kier molecular flexibility index (Phi) is 9.44. The van der Waals surface area contributed by atoms with Crippen LogP contribution >= 0.6 is 0 Å². The van der Waals surface area contributed by atoms with E-state index in [1.807, 2.05) is 24.3 Å². The summed E-state index contributed by atoms with van der Waals surface area (Å²) in [5.41, 5.74) is 2.65. The fourth-order valence-corrected chi connectivity index (χ4v) is 3.72. The van der Waals surface area contributed by atoms with Crippen LogP contribution in [0.15, 0.2) is 48.5 Å². The smallest absolute Gasteiger partial charge is 0.118 e. The quantitative estimate of drug-likeness (QED) is 0.759. The van der Waals surface area contributed by atoms with E-state index >= 15 is 0 Å². The molecule has 1 fully saturated rings. The van der Waals surface area contributed by atoms with E-state index in [2.05, 4.69) is 44.7 Å². The van der Waals surface area contributed by atoms with Crippen LogP contribution in [0.25, 0.3) is 0 Å². The fraction of sp³-hybridized carbons (Fsp3) is 0.500. The van der Waals surface area contributed by atoms with Gasteiger partial charge >= 0.3 is 0 Å². The Morgan fingerprint density at radius 1 is 0.600 bits per heavy atom. The zero-order valence-electron chi connectivity index (χ0n) is 18.4. The van der Waals surface area contributed by atoms with Crippen LogP contribution in [0, 0.1) is 0 Å². The highest BCUT2D eigenvalue weighted by atomic mass is 16.5. The lowest BCUT2D eigenvalue weighted by atomic mass is 10.2. The molecule has 0 unspecified atom stereocenters. The molecule has 1 aliphatic rings. The Labute approximate surface area is 181 Å². The van der Waals surface area contributed by atoms with E-state index in [4.69, 9.17) is 9.47 Å². The van der Waals surface area contributed by atoms with Crippen molar-refractivity contribution in [1.29, 1.82) is 0 Å². The number of benzene rings is 2. The maximum atomic E-state index is 5.27. The Bertz CT molecular complexity index is 645. The van der Waals surface area contributed by atoms with Gasteiger partial charge in [-0.3, -0.25) is 9.80 Å². The van der Waals surface area contributed by atoms with Gasteiger partial charge < -0.3 is 20.1 Å². The van der Waals surface area contributed by atoms with Gasteiger partial charge in [-0.1, -0.05) is 24.3 Å². The molecule has 30 heavy (non-hydrogen) atoms. The molecule has 3 rings (SSSR count). The van der Waals surface area contributed by atoms with Crippen LogP contribution in [0.2, 0.25) is 0 Å². The second-order valence-electron chi connectivity index (χ2n) is 7.75. The summed E-state index contributed by atoms with van der Waals surface area (Å²) in [4.78, 5) is 5.02. The highest BCUT2D eigenvalue weighted by molar-refractivity contribution is 5.27. The van der Waals surface area contributed by atoms with Crippen molar-refractivity contribution in [2.24, 2.45) is 0 Å². The molecular weight excluding hydrogens is 376 g/mol. The molecule has 2 aromatic rings. The third-order valence-electron chi connectivity index (χ3n) is 5.55. The molecule has 0 saturated carbocycles. The summed E-state index contributed by atoms with van der Waals surface area (Å²) in [5.74, 6) is 1.82. The fourth-order valence-electron chi connectivity index (χ4n) is 3.72. The van der Waals surface area contributed by atoms with Crippen molar-refractivity contribution in [2.45, 2.75) is 13.1 Å². The first-order valence-electron chi connectivity index (χ1n) is 10.9. The molecule has 0 amide bonds. The average Bonchev–Trinajstić information content (AvgIpc) is 2.78. The number of nitrogens with zero attached hydrogens (tertiary/aromatic N) is 2. The van der Waals surface area contributed by atoms with E-state index in [0.717, 1.165) is 76.9 Å². The van der Waals surface area contributed by atoms with Crippen molar-refractivity contribution in [1.82, 2.24) is 20.4 Å². The predicted molar refractivity (Wildman–Crippen MR) is 122 cm³/mol. The molecule has 0 radical (unpaired) electrons. The molecule has 2 N–H and O–H groups in total. The van der Waals surface area contributed by atoms with Crippen LogP contribution in [-0.2, 0) is 13.1 Å². The van der Waals surface area contributed by atoms with Crippen LogP contribution in [0.3, 0.4) is 0 Å². The third kappa shape index (κ3) is 7.61. The SMILES string of the molecule is COc1ccc(CN2CCNCCN(Cc3ccc(OC)cc3)CCNCC2)cc1. The molecule has 0 aliphatic carbocycles. The zero-order valence-corrected chi connectivity index (χ0v) is 18.4. The maximum Gasteiger partial charge on any atom is 0.118 e. The van der Waals surface area contributed by atoms with Gasteiger partial charge in [0.25, 0.3) is 0 Å². The van der Waals surface area contributed by atoms with Gasteiger partial charge in [0.1, 0.15) is 11.5 Å². The van der Waals surface area contributed by atoms with E-state index in [-0.39, 0.29) is 0 Å². The highest BCUT2D eigenvalue weighted by Crippen LogP contribution is 2.14. The standard InChI is InChI=1S/C24H36N4O2/c1-29-23-7-3-21(4-8-23)19-27-15-11-25-13-17-28(18-14-26-12-16-27)20-22-5-9-24(30-2)10-6-22/h3-10,25-26H,11-20H2,1-2H3. The van der Waals surface area contributed by atoms with Gasteiger partial charge in [-0.05, 0) is 35.4 Å². The van der Waals surface area contributed by atoms with Crippen LogP contribution in [0.4, 0.5) is 0 Å². The van der Waals surface area contributed by atoms with Crippen molar-refractivity contribution < 1.29 is 9.47 Å². The van der Waals surface area contributed by atoms with Crippen molar-refractivity contribution in [2.75, 3.05) is 66.6 Å². The summed E-state index contributed by atoms with van der Waals surface area (Å²) < 4.78 is 10.5. The number of nitrogens with one attached hydrogen (secondary N) is 2. The van der Waals surface area contributed by atoms with Crippen molar-refractivity contribution in [3.63, 3.8) is 0 Å². The van der Waals surface area contributed by atoms with Gasteiger partial charge in [-0.15, -0.1) is 0 Å². The molecule has 0 atom stereocenters. The summed E-state index contributed by atoms with van der Waals surface area (Å²) in [5, 5.41) is 7.25. The summed E-state index contributed by atoms with van der Waals surface area (Å²) in [7, 11) is 3.42. The van der Waals surface area contributed by atoms with Gasteiger partial charge in [0.05, 0.1) is 14.2 Å². The molecule has 2 aromatic carbocycles. The normalized spacial score (nSPS) is 17.7. The number of ether oxygens (including phenoxy) is 2. The molecule has 0 spiro atoms.